The number of ether oxygens (including phenoxy) is 1. The van der Waals surface area contributed by atoms with Crippen LogP contribution in [0.3, 0.4) is 0 Å². The average Bonchev–Trinajstić information content (AvgIpc) is 3.47. The molecule has 2 aromatic rings. The molecule has 2 unspecified atom stereocenters. The van der Waals surface area contributed by atoms with Gasteiger partial charge >= 0.3 is 7.60 Å². The second kappa shape index (κ2) is 14.5. The van der Waals surface area contributed by atoms with Crippen LogP contribution in [0.2, 0.25) is 36.3 Å². The number of nitrogens with one attached hydrogen (secondary N) is 2. The number of H-pyrrole nitrogens is 1. The van der Waals surface area contributed by atoms with Gasteiger partial charge in [-0.05, 0) is 56.2 Å². The minimum absolute atomic E-state index is 0.00250. The van der Waals surface area contributed by atoms with Gasteiger partial charge in [-0.25, -0.2) is 4.98 Å². The number of carbonyl (C=O) groups is 1. The second-order valence-corrected chi connectivity index (χ2v) is 26.7. The Morgan fingerprint density at radius 1 is 1.04 bits per heavy atom. The monoisotopic (exact) mass is 713 g/mol. The molecule has 47 heavy (non-hydrogen) atoms. The van der Waals surface area contributed by atoms with Gasteiger partial charge in [0.05, 0.1) is 19.5 Å². The van der Waals surface area contributed by atoms with Gasteiger partial charge in [-0.2, -0.15) is 4.98 Å². The molecule has 0 spiro atoms. The minimum Gasteiger partial charge on any atom is -0.408 e. The van der Waals surface area contributed by atoms with Gasteiger partial charge < -0.3 is 22.6 Å². The molecule has 2 aromatic heterocycles. The molecule has 0 bridgehead atoms. The normalized spacial score (nSPS) is 21.8. The van der Waals surface area contributed by atoms with E-state index in [1.165, 1.54) is 12.1 Å². The summed E-state index contributed by atoms with van der Waals surface area (Å²) in [4.78, 5) is 37.2. The third-order valence-electron chi connectivity index (χ3n) is 9.25. The molecule has 1 amide bonds. The molecule has 3 rings (SSSR count). The van der Waals surface area contributed by atoms with Gasteiger partial charge in [0, 0.05) is 11.7 Å². The van der Waals surface area contributed by atoms with Crippen molar-refractivity contribution in [2.75, 3.05) is 18.5 Å². The molecule has 3 heterocycles. The standard InChI is InChI=1S/C31H56N5O8PSi2/c1-15-40-45(39,41-16-2)18-17-21-23(43-46(11,12)30(5,6)7)24(44-47(13,14)31(8,9)10)28(42-21)36-19-32-22-25(36)33-29(35-27(22)38)34-26(37)20(3)4/h17-21,23-24,28H,15-16H2,1-14H3,(H2,33,34,35,37,38)/b18-17+/t21-,23?,24?,28-/m1/s1. The summed E-state index contributed by atoms with van der Waals surface area (Å²) in [5, 5.41) is 2.37. The van der Waals surface area contributed by atoms with Crippen LogP contribution in [0.4, 0.5) is 5.95 Å². The van der Waals surface area contributed by atoms with Crippen LogP contribution in [0.1, 0.15) is 75.5 Å². The van der Waals surface area contributed by atoms with Crippen LogP contribution in [0.25, 0.3) is 11.2 Å². The van der Waals surface area contributed by atoms with Crippen LogP contribution < -0.4 is 10.9 Å². The van der Waals surface area contributed by atoms with Crippen LogP contribution in [-0.4, -0.2) is 73.6 Å². The third-order valence-corrected chi connectivity index (χ3v) is 20.0. The van der Waals surface area contributed by atoms with Crippen LogP contribution in [-0.2, 0) is 32.0 Å². The highest BCUT2D eigenvalue weighted by Crippen LogP contribution is 2.51. The topological polar surface area (TPSA) is 156 Å². The van der Waals surface area contributed by atoms with E-state index in [4.69, 9.17) is 22.6 Å². The maximum absolute atomic E-state index is 13.5. The van der Waals surface area contributed by atoms with Gasteiger partial charge in [0.1, 0.15) is 18.3 Å². The molecule has 0 saturated carbocycles. The Labute approximate surface area is 281 Å². The number of aromatic amines is 1. The summed E-state index contributed by atoms with van der Waals surface area (Å²) in [5.41, 5.74) is -0.209. The van der Waals surface area contributed by atoms with Crippen molar-refractivity contribution in [2.24, 2.45) is 5.92 Å². The highest BCUT2D eigenvalue weighted by atomic mass is 31.2. The second-order valence-electron chi connectivity index (χ2n) is 15.3. The maximum Gasteiger partial charge on any atom is 0.353 e. The van der Waals surface area contributed by atoms with Crippen molar-refractivity contribution in [3.63, 3.8) is 0 Å². The first-order valence-corrected chi connectivity index (χ1v) is 23.8. The molecule has 0 radical (unpaired) electrons. The summed E-state index contributed by atoms with van der Waals surface area (Å²) in [5.74, 6) is 0.817. The highest BCUT2D eigenvalue weighted by Gasteiger charge is 2.54. The number of carbonyl (C=O) groups excluding carboxylic acids is 1. The van der Waals surface area contributed by atoms with Crippen molar-refractivity contribution in [2.45, 2.75) is 130 Å². The fourth-order valence-electron chi connectivity index (χ4n) is 4.44. The molecule has 2 N–H and O–H groups in total. The molecule has 266 valence electrons. The fraction of sp³-hybridized carbons (Fsp3) is 0.742. The van der Waals surface area contributed by atoms with Gasteiger partial charge in [0.2, 0.25) is 11.9 Å². The number of hydrogen-bond acceptors (Lipinski definition) is 10. The molecule has 1 saturated heterocycles. The maximum atomic E-state index is 13.5. The van der Waals surface area contributed by atoms with E-state index in [0.29, 0.717) is 0 Å². The Kier molecular flexibility index (Phi) is 12.2. The van der Waals surface area contributed by atoms with E-state index in [1.54, 1.807) is 38.3 Å². The Bertz CT molecular complexity index is 1530. The quantitative estimate of drug-likeness (QED) is 0.161. The summed E-state index contributed by atoms with van der Waals surface area (Å²) < 4.78 is 47.3. The van der Waals surface area contributed by atoms with E-state index >= 15 is 0 Å². The predicted molar refractivity (Wildman–Crippen MR) is 190 cm³/mol. The van der Waals surface area contributed by atoms with Gasteiger partial charge in [-0.15, -0.1) is 0 Å². The lowest BCUT2D eigenvalue weighted by atomic mass is 10.1. The smallest absolute Gasteiger partial charge is 0.353 e. The Morgan fingerprint density at radius 2 is 1.57 bits per heavy atom. The van der Waals surface area contributed by atoms with Gasteiger partial charge in [0.25, 0.3) is 5.56 Å². The fourth-order valence-corrected chi connectivity index (χ4v) is 8.38. The van der Waals surface area contributed by atoms with E-state index in [0.717, 1.165) is 0 Å². The van der Waals surface area contributed by atoms with Crippen LogP contribution in [0.5, 0.6) is 0 Å². The number of amides is 1. The van der Waals surface area contributed by atoms with Crippen LogP contribution in [0, 0.1) is 5.92 Å². The van der Waals surface area contributed by atoms with Crippen molar-refractivity contribution in [1.29, 1.82) is 0 Å². The third kappa shape index (κ3) is 8.98. The number of nitrogens with zero attached hydrogens (tertiary/aromatic N) is 3. The molecule has 1 aliphatic heterocycles. The molecule has 0 aliphatic carbocycles. The first-order valence-electron chi connectivity index (χ1n) is 16.3. The lowest BCUT2D eigenvalue weighted by Crippen LogP contribution is -2.53. The van der Waals surface area contributed by atoms with E-state index in [-0.39, 0.29) is 52.2 Å². The molecule has 0 aromatic carbocycles. The van der Waals surface area contributed by atoms with Crippen molar-refractivity contribution < 1.29 is 32.0 Å². The van der Waals surface area contributed by atoms with Crippen molar-refractivity contribution >= 4 is 47.2 Å². The Balaban J connectivity index is 2.27. The summed E-state index contributed by atoms with van der Waals surface area (Å²) in [6.45, 7) is 29.0. The van der Waals surface area contributed by atoms with Crippen molar-refractivity contribution in [1.82, 2.24) is 19.5 Å². The zero-order chi connectivity index (χ0) is 35.8. The number of aromatic nitrogens is 4. The first kappa shape index (κ1) is 39.5. The summed E-state index contributed by atoms with van der Waals surface area (Å²) in [6.07, 6.45) is 0.277. The molecule has 13 nitrogen and oxygen atoms in total. The van der Waals surface area contributed by atoms with E-state index in [2.05, 4.69) is 88.0 Å². The lowest BCUT2D eigenvalue weighted by molar-refractivity contribution is -0.118. The molecule has 4 atom stereocenters. The SMILES string of the molecule is CCOP(=O)(/C=C/[C@H]1O[C@@H](n2cnc3c(=O)[nH]c(NC(=O)C(C)C)nc32)C(O[Si](C)(C)C(C)(C)C)C1O[Si](C)(C)C(C)(C)C)OCC. The largest absolute Gasteiger partial charge is 0.408 e. The van der Waals surface area contributed by atoms with Crippen molar-refractivity contribution in [3.05, 3.63) is 28.6 Å². The van der Waals surface area contributed by atoms with E-state index in [1.807, 2.05) is 0 Å². The summed E-state index contributed by atoms with van der Waals surface area (Å²) in [6, 6.07) is 0. The number of imidazole rings is 1. The van der Waals surface area contributed by atoms with Gasteiger partial charge in [-0.1, -0.05) is 55.4 Å². The molecular formula is C31H56N5O8PSi2. The lowest BCUT2D eigenvalue weighted by Gasteiger charge is -2.44. The summed E-state index contributed by atoms with van der Waals surface area (Å²) >= 11 is 0. The minimum atomic E-state index is -3.58. The zero-order valence-corrected chi connectivity index (χ0v) is 33.5. The number of hydrogen-bond donors (Lipinski definition) is 2. The highest BCUT2D eigenvalue weighted by molar-refractivity contribution is 7.57. The molecule has 1 fully saturated rings. The zero-order valence-electron chi connectivity index (χ0n) is 30.6. The summed E-state index contributed by atoms with van der Waals surface area (Å²) in [7, 11) is -8.50. The van der Waals surface area contributed by atoms with E-state index in [9.17, 15) is 14.2 Å². The first-order chi connectivity index (χ1) is 21.5. The van der Waals surface area contributed by atoms with Crippen molar-refractivity contribution in [3.8, 4) is 0 Å². The predicted octanol–water partition coefficient (Wildman–Crippen LogP) is 7.17. The Morgan fingerprint density at radius 3 is 2.06 bits per heavy atom. The molecule has 1 aliphatic rings. The number of fused-ring (bicyclic) bond motifs is 1. The Hall–Kier alpha value is -1.98. The van der Waals surface area contributed by atoms with Crippen LogP contribution in [0.15, 0.2) is 23.0 Å². The molecular weight excluding hydrogens is 658 g/mol. The van der Waals surface area contributed by atoms with Gasteiger partial charge in [-0.3, -0.25) is 29.0 Å². The number of anilines is 1. The average molecular weight is 714 g/mol. The van der Waals surface area contributed by atoms with Crippen LogP contribution >= 0.6 is 7.60 Å². The molecule has 16 heteroatoms. The van der Waals surface area contributed by atoms with Gasteiger partial charge in [0.15, 0.2) is 34.0 Å². The van der Waals surface area contributed by atoms with E-state index < -0.39 is 54.3 Å². The number of rotatable bonds is 13.